The van der Waals surface area contributed by atoms with E-state index >= 15 is 0 Å². The molecule has 2 aromatic heterocycles. The molecule has 0 aliphatic rings. The van der Waals surface area contributed by atoms with Gasteiger partial charge in [-0.05, 0) is 18.4 Å². The predicted octanol–water partition coefficient (Wildman–Crippen LogP) is 2.54. The van der Waals surface area contributed by atoms with E-state index in [4.69, 9.17) is 9.84 Å². The molecule has 0 bridgehead atoms. The number of carbonyl (C=O) groups is 1. The maximum absolute atomic E-state index is 10.6. The fraction of sp³-hybridized carbons (Fsp3) is 0.125. The molecule has 3 rings (SSSR count). The number of fused-ring (bicyclic) bond motifs is 1. The maximum Gasteiger partial charge on any atom is 0.341 e. The van der Waals surface area contributed by atoms with Gasteiger partial charge in [-0.1, -0.05) is 24.3 Å². The summed E-state index contributed by atoms with van der Waals surface area (Å²) in [4.78, 5) is 23.3. The summed E-state index contributed by atoms with van der Waals surface area (Å²) >= 11 is 0. The highest BCUT2D eigenvalue weighted by atomic mass is 16.5. The van der Waals surface area contributed by atoms with E-state index in [1.807, 2.05) is 30.3 Å². The molecule has 0 spiro atoms. The molecular formula is C16H14N4O3. The molecule has 1 aromatic carbocycles. The first-order valence-electron chi connectivity index (χ1n) is 6.92. The zero-order valence-corrected chi connectivity index (χ0v) is 12.4. The van der Waals surface area contributed by atoms with Crippen molar-refractivity contribution in [1.29, 1.82) is 0 Å². The second-order valence-corrected chi connectivity index (χ2v) is 4.87. The number of ether oxygens (including phenoxy) is 1. The number of benzene rings is 1. The van der Waals surface area contributed by atoms with Crippen LogP contribution in [0.3, 0.4) is 0 Å². The quantitative estimate of drug-likeness (QED) is 0.747. The molecule has 0 amide bonds. The van der Waals surface area contributed by atoms with Gasteiger partial charge in [0.15, 0.2) is 12.4 Å². The number of rotatable bonds is 5. The lowest BCUT2D eigenvalue weighted by atomic mass is 10.2. The number of aliphatic carboxylic acids is 1. The number of pyridine rings is 1. The minimum atomic E-state index is -1.07. The number of hydrogen-bond donors (Lipinski definition) is 2. The summed E-state index contributed by atoms with van der Waals surface area (Å²) in [5, 5.41) is 13.8. The number of hydrogen-bond acceptors (Lipinski definition) is 6. The third kappa shape index (κ3) is 3.52. The molecule has 0 fully saturated rings. The Kier molecular flexibility index (Phi) is 4.01. The summed E-state index contributed by atoms with van der Waals surface area (Å²) in [6.45, 7) is 1.23. The molecule has 7 heteroatoms. The summed E-state index contributed by atoms with van der Waals surface area (Å²) in [5.74, 6) is 0.156. The highest BCUT2D eigenvalue weighted by molar-refractivity contribution is 5.84. The molecule has 3 aromatic rings. The average molecular weight is 310 g/mol. The lowest BCUT2D eigenvalue weighted by molar-refractivity contribution is -0.139. The Morgan fingerprint density at radius 2 is 1.96 bits per heavy atom. The lowest BCUT2D eigenvalue weighted by Gasteiger charge is -2.09. The molecule has 0 saturated heterocycles. The Morgan fingerprint density at radius 3 is 2.74 bits per heavy atom. The van der Waals surface area contributed by atoms with E-state index in [-0.39, 0.29) is 5.88 Å². The van der Waals surface area contributed by atoms with Crippen molar-refractivity contribution in [2.45, 2.75) is 6.92 Å². The minimum Gasteiger partial charge on any atom is -0.479 e. The Hall–Kier alpha value is -3.22. The molecular weight excluding hydrogens is 296 g/mol. The molecule has 116 valence electrons. The van der Waals surface area contributed by atoms with Gasteiger partial charge in [0, 0.05) is 11.6 Å². The molecule has 7 nitrogen and oxygen atoms in total. The highest BCUT2D eigenvalue weighted by Gasteiger charge is 2.08. The van der Waals surface area contributed by atoms with Crippen molar-refractivity contribution in [1.82, 2.24) is 15.0 Å². The molecule has 0 atom stereocenters. The van der Waals surface area contributed by atoms with Crippen molar-refractivity contribution in [3.63, 3.8) is 0 Å². The Morgan fingerprint density at radius 1 is 1.17 bits per heavy atom. The highest BCUT2D eigenvalue weighted by Crippen LogP contribution is 2.20. The molecule has 0 saturated carbocycles. The van der Waals surface area contributed by atoms with Crippen molar-refractivity contribution in [3.05, 3.63) is 48.4 Å². The Bertz CT molecular complexity index is 867. The van der Waals surface area contributed by atoms with Crippen molar-refractivity contribution in [2.75, 3.05) is 11.9 Å². The zero-order valence-electron chi connectivity index (χ0n) is 12.4. The summed E-state index contributed by atoms with van der Waals surface area (Å²) in [7, 11) is 0. The fourth-order valence-electron chi connectivity index (χ4n) is 2.04. The first-order valence-corrected chi connectivity index (χ1v) is 6.92. The van der Waals surface area contributed by atoms with Crippen molar-refractivity contribution in [2.24, 2.45) is 0 Å². The van der Waals surface area contributed by atoms with E-state index in [9.17, 15) is 4.79 Å². The van der Waals surface area contributed by atoms with E-state index in [1.165, 1.54) is 0 Å². The van der Waals surface area contributed by atoms with Gasteiger partial charge in [0.05, 0.1) is 11.9 Å². The second kappa shape index (κ2) is 6.27. The van der Waals surface area contributed by atoms with E-state index in [0.717, 1.165) is 10.8 Å². The SMILES string of the molecule is Cc1ncc(Nc2cc3ccccc3cn2)nc1OCC(=O)O. The van der Waals surface area contributed by atoms with Crippen LogP contribution in [0.4, 0.5) is 11.6 Å². The number of carboxylic acid groups (broad SMARTS) is 1. The van der Waals surface area contributed by atoms with Crippen molar-refractivity contribution < 1.29 is 14.6 Å². The third-order valence-electron chi connectivity index (χ3n) is 3.13. The Balaban J connectivity index is 1.83. The van der Waals surface area contributed by atoms with Gasteiger partial charge in [-0.2, -0.15) is 4.98 Å². The largest absolute Gasteiger partial charge is 0.479 e. The molecule has 0 aliphatic heterocycles. The maximum atomic E-state index is 10.6. The van der Waals surface area contributed by atoms with Crippen LogP contribution in [-0.2, 0) is 4.79 Å². The van der Waals surface area contributed by atoms with Crippen LogP contribution in [0.5, 0.6) is 5.88 Å². The number of nitrogens with zero attached hydrogens (tertiary/aromatic N) is 3. The van der Waals surface area contributed by atoms with Gasteiger partial charge in [0.2, 0.25) is 5.88 Å². The van der Waals surface area contributed by atoms with Crippen LogP contribution >= 0.6 is 0 Å². The van der Waals surface area contributed by atoms with Crippen LogP contribution in [0.2, 0.25) is 0 Å². The van der Waals surface area contributed by atoms with Crippen LogP contribution in [0, 0.1) is 6.92 Å². The first-order chi connectivity index (χ1) is 11.1. The van der Waals surface area contributed by atoms with Gasteiger partial charge < -0.3 is 15.2 Å². The topological polar surface area (TPSA) is 97.2 Å². The van der Waals surface area contributed by atoms with Gasteiger partial charge in [-0.15, -0.1) is 0 Å². The van der Waals surface area contributed by atoms with Crippen molar-refractivity contribution >= 4 is 28.4 Å². The van der Waals surface area contributed by atoms with E-state index in [1.54, 1.807) is 19.3 Å². The van der Waals surface area contributed by atoms with Gasteiger partial charge in [0.1, 0.15) is 5.82 Å². The normalized spacial score (nSPS) is 10.5. The number of nitrogens with one attached hydrogen (secondary N) is 1. The summed E-state index contributed by atoms with van der Waals surface area (Å²) in [6, 6.07) is 9.78. The fourth-order valence-corrected chi connectivity index (χ4v) is 2.04. The number of aryl methyl sites for hydroxylation is 1. The van der Waals surface area contributed by atoms with Gasteiger partial charge in [-0.25, -0.2) is 9.78 Å². The molecule has 0 unspecified atom stereocenters. The molecule has 0 aliphatic carbocycles. The van der Waals surface area contributed by atoms with Gasteiger partial charge in [0.25, 0.3) is 0 Å². The molecule has 23 heavy (non-hydrogen) atoms. The van der Waals surface area contributed by atoms with Crippen LogP contribution in [-0.4, -0.2) is 32.6 Å². The third-order valence-corrected chi connectivity index (χ3v) is 3.13. The van der Waals surface area contributed by atoms with Crippen LogP contribution < -0.4 is 10.1 Å². The predicted molar refractivity (Wildman–Crippen MR) is 84.9 cm³/mol. The van der Waals surface area contributed by atoms with E-state index in [2.05, 4.69) is 20.3 Å². The minimum absolute atomic E-state index is 0.179. The number of carboxylic acids is 1. The van der Waals surface area contributed by atoms with Crippen LogP contribution in [0.15, 0.2) is 42.7 Å². The van der Waals surface area contributed by atoms with Gasteiger partial charge in [-0.3, -0.25) is 4.98 Å². The number of aromatic nitrogens is 3. The van der Waals surface area contributed by atoms with Crippen LogP contribution in [0.1, 0.15) is 5.69 Å². The Labute approximate surface area is 132 Å². The standard InChI is InChI=1S/C16H14N4O3/c1-10-16(23-9-15(21)22)20-14(8-17-10)19-13-6-11-4-2-3-5-12(11)7-18-13/h2-8H,9H2,1H3,(H,21,22)(H,18,19,20). The number of anilines is 2. The average Bonchev–Trinajstić information content (AvgIpc) is 2.55. The smallest absolute Gasteiger partial charge is 0.341 e. The van der Waals surface area contributed by atoms with Gasteiger partial charge >= 0.3 is 5.97 Å². The van der Waals surface area contributed by atoms with Crippen molar-refractivity contribution in [3.8, 4) is 5.88 Å². The summed E-state index contributed by atoms with van der Waals surface area (Å²) < 4.78 is 5.11. The van der Waals surface area contributed by atoms with Crippen LogP contribution in [0.25, 0.3) is 10.8 Å². The first kappa shape index (κ1) is 14.7. The van der Waals surface area contributed by atoms with E-state index in [0.29, 0.717) is 17.3 Å². The lowest BCUT2D eigenvalue weighted by Crippen LogP contribution is -2.12. The zero-order chi connectivity index (χ0) is 16.2. The van der Waals surface area contributed by atoms with E-state index < -0.39 is 12.6 Å². The summed E-state index contributed by atoms with van der Waals surface area (Å²) in [6.07, 6.45) is 3.31. The summed E-state index contributed by atoms with van der Waals surface area (Å²) in [5.41, 5.74) is 0.517. The monoisotopic (exact) mass is 310 g/mol. The second-order valence-electron chi connectivity index (χ2n) is 4.87. The molecule has 2 heterocycles. The molecule has 2 N–H and O–H groups in total. The molecule has 0 radical (unpaired) electrons.